The minimum absolute atomic E-state index is 0.221. The summed E-state index contributed by atoms with van der Waals surface area (Å²) in [6.45, 7) is 0. The molecule has 0 aliphatic rings. The Morgan fingerprint density at radius 1 is 1.33 bits per heavy atom. The highest BCUT2D eigenvalue weighted by atomic mass is 79.9. The Kier molecular flexibility index (Phi) is 5.25. The van der Waals surface area contributed by atoms with Crippen LogP contribution in [0.2, 0.25) is 0 Å². The van der Waals surface area contributed by atoms with Crippen LogP contribution in [0, 0.1) is 5.82 Å². The predicted octanol–water partition coefficient (Wildman–Crippen LogP) is 4.59. The predicted molar refractivity (Wildman–Crippen MR) is 83.6 cm³/mol. The van der Waals surface area contributed by atoms with Crippen LogP contribution in [0.25, 0.3) is 0 Å². The SMILES string of the molecule is COc1ccc(F)cc1CSc1cc(Br)ccc1C(=O)O. The van der Waals surface area contributed by atoms with Crippen LogP contribution >= 0.6 is 27.7 Å². The summed E-state index contributed by atoms with van der Waals surface area (Å²) < 4.78 is 19.3. The molecule has 0 amide bonds. The van der Waals surface area contributed by atoms with Crippen LogP contribution in [0.4, 0.5) is 4.39 Å². The van der Waals surface area contributed by atoms with Gasteiger partial charge in [-0.15, -0.1) is 11.8 Å². The zero-order valence-corrected chi connectivity index (χ0v) is 13.5. The Labute approximate surface area is 134 Å². The van der Waals surface area contributed by atoms with Crippen molar-refractivity contribution in [3.8, 4) is 5.75 Å². The van der Waals surface area contributed by atoms with Crippen molar-refractivity contribution in [2.45, 2.75) is 10.6 Å². The maximum Gasteiger partial charge on any atom is 0.336 e. The number of ether oxygens (including phenoxy) is 1. The standard InChI is InChI=1S/C15H12BrFO3S/c1-20-13-5-3-11(17)6-9(13)8-21-14-7-10(16)2-4-12(14)15(18)19/h2-7H,8H2,1H3,(H,18,19). The van der Waals surface area contributed by atoms with Gasteiger partial charge in [0.1, 0.15) is 11.6 Å². The number of thioether (sulfide) groups is 1. The number of benzene rings is 2. The molecule has 0 aliphatic carbocycles. The van der Waals surface area contributed by atoms with E-state index in [0.29, 0.717) is 22.0 Å². The third-order valence-electron chi connectivity index (χ3n) is 2.80. The van der Waals surface area contributed by atoms with E-state index >= 15 is 0 Å². The quantitative estimate of drug-likeness (QED) is 0.782. The molecule has 6 heteroatoms. The summed E-state index contributed by atoms with van der Waals surface area (Å²) in [6.07, 6.45) is 0. The molecule has 110 valence electrons. The smallest absolute Gasteiger partial charge is 0.336 e. The summed E-state index contributed by atoms with van der Waals surface area (Å²) in [6, 6.07) is 9.23. The van der Waals surface area contributed by atoms with Crippen LogP contribution in [0.15, 0.2) is 45.8 Å². The molecule has 21 heavy (non-hydrogen) atoms. The van der Waals surface area contributed by atoms with Crippen LogP contribution in [-0.4, -0.2) is 18.2 Å². The molecule has 2 rings (SSSR count). The molecular formula is C15H12BrFO3S. The summed E-state index contributed by atoms with van der Waals surface area (Å²) in [5.74, 6) is -0.344. The fraction of sp³-hybridized carbons (Fsp3) is 0.133. The molecule has 0 bridgehead atoms. The molecule has 0 atom stereocenters. The maximum atomic E-state index is 13.3. The highest BCUT2D eigenvalue weighted by molar-refractivity contribution is 9.10. The van der Waals surface area contributed by atoms with E-state index in [9.17, 15) is 14.3 Å². The van der Waals surface area contributed by atoms with Gasteiger partial charge in [0.25, 0.3) is 0 Å². The summed E-state index contributed by atoms with van der Waals surface area (Å²) in [5.41, 5.74) is 0.900. The maximum absolute atomic E-state index is 13.3. The Bertz CT molecular complexity index is 676. The fourth-order valence-corrected chi connectivity index (χ4v) is 3.38. The first kappa shape index (κ1) is 15.9. The van der Waals surface area contributed by atoms with Gasteiger partial charge in [0, 0.05) is 20.7 Å². The monoisotopic (exact) mass is 370 g/mol. The lowest BCUT2D eigenvalue weighted by Gasteiger charge is -2.10. The lowest BCUT2D eigenvalue weighted by Crippen LogP contribution is -1.99. The van der Waals surface area contributed by atoms with Crippen molar-refractivity contribution >= 4 is 33.7 Å². The summed E-state index contributed by atoms with van der Waals surface area (Å²) in [5, 5.41) is 9.19. The van der Waals surface area contributed by atoms with E-state index in [1.807, 2.05) is 0 Å². The van der Waals surface area contributed by atoms with Crippen LogP contribution in [0.5, 0.6) is 5.75 Å². The number of hydrogen-bond acceptors (Lipinski definition) is 3. The second-order valence-electron chi connectivity index (χ2n) is 4.19. The van der Waals surface area contributed by atoms with Crippen molar-refractivity contribution in [2.24, 2.45) is 0 Å². The van der Waals surface area contributed by atoms with E-state index in [2.05, 4.69) is 15.9 Å². The highest BCUT2D eigenvalue weighted by Crippen LogP contribution is 2.32. The number of aromatic carboxylic acids is 1. The van der Waals surface area contributed by atoms with Crippen LogP contribution in [-0.2, 0) is 5.75 Å². The lowest BCUT2D eigenvalue weighted by molar-refractivity contribution is 0.0693. The molecule has 2 aromatic carbocycles. The first-order chi connectivity index (χ1) is 10.0. The molecule has 2 aromatic rings. The van der Waals surface area contributed by atoms with E-state index in [1.54, 1.807) is 18.2 Å². The Hall–Kier alpha value is -1.53. The topological polar surface area (TPSA) is 46.5 Å². The second-order valence-corrected chi connectivity index (χ2v) is 6.12. The Balaban J connectivity index is 2.26. The summed E-state index contributed by atoms with van der Waals surface area (Å²) >= 11 is 4.64. The number of hydrogen-bond donors (Lipinski definition) is 1. The van der Waals surface area contributed by atoms with E-state index in [0.717, 1.165) is 4.47 Å². The summed E-state index contributed by atoms with van der Waals surface area (Å²) in [4.78, 5) is 11.8. The Morgan fingerprint density at radius 2 is 2.10 bits per heavy atom. The minimum Gasteiger partial charge on any atom is -0.496 e. The number of methoxy groups -OCH3 is 1. The second kappa shape index (κ2) is 6.95. The van der Waals surface area contributed by atoms with Gasteiger partial charge in [0.15, 0.2) is 0 Å². The zero-order chi connectivity index (χ0) is 15.4. The van der Waals surface area contributed by atoms with E-state index in [4.69, 9.17) is 4.74 Å². The van der Waals surface area contributed by atoms with Gasteiger partial charge in [-0.3, -0.25) is 0 Å². The van der Waals surface area contributed by atoms with Gasteiger partial charge < -0.3 is 9.84 Å². The Morgan fingerprint density at radius 3 is 2.76 bits per heavy atom. The first-order valence-corrected chi connectivity index (χ1v) is 7.77. The van der Waals surface area contributed by atoms with E-state index < -0.39 is 5.97 Å². The molecule has 0 aliphatic heterocycles. The summed E-state index contributed by atoms with van der Waals surface area (Å²) in [7, 11) is 1.52. The van der Waals surface area contributed by atoms with Gasteiger partial charge in [0.2, 0.25) is 0 Å². The molecule has 0 radical (unpaired) electrons. The third-order valence-corrected chi connectivity index (χ3v) is 4.40. The largest absolute Gasteiger partial charge is 0.496 e. The molecule has 0 unspecified atom stereocenters. The number of carboxylic acids is 1. The first-order valence-electron chi connectivity index (χ1n) is 5.99. The van der Waals surface area contributed by atoms with Crippen LogP contribution in [0.3, 0.4) is 0 Å². The molecule has 0 fully saturated rings. The molecule has 3 nitrogen and oxygen atoms in total. The molecule has 0 saturated carbocycles. The third kappa shape index (κ3) is 3.98. The van der Waals surface area contributed by atoms with Gasteiger partial charge >= 0.3 is 5.97 Å². The van der Waals surface area contributed by atoms with Crippen LogP contribution in [0.1, 0.15) is 15.9 Å². The van der Waals surface area contributed by atoms with Crippen molar-refractivity contribution in [3.05, 3.63) is 57.8 Å². The molecule has 0 aromatic heterocycles. The van der Waals surface area contributed by atoms with Gasteiger partial charge in [-0.2, -0.15) is 0 Å². The van der Waals surface area contributed by atoms with Crippen molar-refractivity contribution in [1.82, 2.24) is 0 Å². The van der Waals surface area contributed by atoms with E-state index in [-0.39, 0.29) is 11.4 Å². The normalized spacial score (nSPS) is 10.4. The highest BCUT2D eigenvalue weighted by Gasteiger charge is 2.12. The molecular weight excluding hydrogens is 359 g/mol. The number of carboxylic acid groups (broad SMARTS) is 1. The van der Waals surface area contributed by atoms with Gasteiger partial charge in [-0.05, 0) is 36.4 Å². The molecule has 0 saturated heterocycles. The number of carbonyl (C=O) groups is 1. The van der Waals surface area contributed by atoms with Gasteiger partial charge in [-0.25, -0.2) is 9.18 Å². The minimum atomic E-state index is -0.990. The van der Waals surface area contributed by atoms with Gasteiger partial charge in [-0.1, -0.05) is 15.9 Å². The van der Waals surface area contributed by atoms with Crippen molar-refractivity contribution in [1.29, 1.82) is 0 Å². The molecule has 0 spiro atoms. The zero-order valence-electron chi connectivity index (χ0n) is 11.1. The van der Waals surface area contributed by atoms with Gasteiger partial charge in [0.05, 0.1) is 12.7 Å². The van der Waals surface area contributed by atoms with Crippen molar-refractivity contribution in [3.63, 3.8) is 0 Å². The molecule has 1 N–H and O–H groups in total. The molecule has 0 heterocycles. The van der Waals surface area contributed by atoms with Crippen LogP contribution < -0.4 is 4.74 Å². The van der Waals surface area contributed by atoms with Crippen molar-refractivity contribution < 1.29 is 19.0 Å². The average molecular weight is 371 g/mol. The fourth-order valence-electron chi connectivity index (χ4n) is 1.81. The van der Waals surface area contributed by atoms with E-state index in [1.165, 1.54) is 37.1 Å². The number of rotatable bonds is 5. The lowest BCUT2D eigenvalue weighted by atomic mass is 10.2. The average Bonchev–Trinajstić information content (AvgIpc) is 2.45. The van der Waals surface area contributed by atoms with Crippen molar-refractivity contribution in [2.75, 3.05) is 7.11 Å². The number of halogens is 2.